The molecular weight excluding hydrogens is 274 g/mol. The fraction of sp³-hybridized carbons (Fsp3) is 0.0909. The molecule has 6 heteroatoms. The molecule has 1 aromatic heterocycles. The summed E-state index contributed by atoms with van der Waals surface area (Å²) in [5.74, 6) is 0. The fourth-order valence-electron chi connectivity index (χ4n) is 1.36. The predicted octanol–water partition coefficient (Wildman–Crippen LogP) is 3.48. The molecule has 2 aromatic rings. The highest BCUT2D eigenvalue weighted by atomic mass is 35.5. The zero-order chi connectivity index (χ0) is 12.4. The lowest BCUT2D eigenvalue weighted by molar-refractivity contribution is 1.36. The van der Waals surface area contributed by atoms with Crippen molar-refractivity contribution in [2.75, 3.05) is 5.32 Å². The predicted molar refractivity (Wildman–Crippen MR) is 77.5 cm³/mol. The number of hydrogen-bond donors (Lipinski definition) is 2. The third kappa shape index (κ3) is 2.94. The van der Waals surface area contributed by atoms with Crippen LogP contribution in [0.3, 0.4) is 0 Å². The van der Waals surface area contributed by atoms with Crippen LogP contribution in [0.2, 0.25) is 5.02 Å². The van der Waals surface area contributed by atoms with Crippen molar-refractivity contribution in [1.82, 2.24) is 4.98 Å². The molecule has 0 aliphatic heterocycles. The van der Waals surface area contributed by atoms with Gasteiger partial charge in [0.05, 0.1) is 5.69 Å². The number of aromatic nitrogens is 1. The molecule has 0 aliphatic carbocycles. The first-order valence-electron chi connectivity index (χ1n) is 4.85. The normalized spacial score (nSPS) is 10.2. The maximum absolute atomic E-state index is 5.95. The maximum atomic E-state index is 5.95. The number of halogens is 1. The van der Waals surface area contributed by atoms with Gasteiger partial charge >= 0.3 is 0 Å². The Balaban J connectivity index is 2.37. The van der Waals surface area contributed by atoms with Crippen LogP contribution in [0.4, 0.5) is 10.8 Å². The number of benzene rings is 1. The Hall–Kier alpha value is -1.17. The zero-order valence-corrected chi connectivity index (χ0v) is 11.4. The molecule has 0 spiro atoms. The average Bonchev–Trinajstić information content (AvgIpc) is 2.63. The number of nitrogens with zero attached hydrogens (tertiary/aromatic N) is 1. The van der Waals surface area contributed by atoms with Crippen molar-refractivity contribution >= 4 is 51.0 Å². The van der Waals surface area contributed by atoms with E-state index in [9.17, 15) is 0 Å². The van der Waals surface area contributed by atoms with Crippen LogP contribution in [0.15, 0.2) is 24.4 Å². The molecule has 3 N–H and O–H groups in total. The number of aryl methyl sites for hydroxylation is 1. The lowest BCUT2D eigenvalue weighted by Crippen LogP contribution is -2.11. The first-order valence-corrected chi connectivity index (χ1v) is 6.45. The van der Waals surface area contributed by atoms with Gasteiger partial charge in [-0.1, -0.05) is 23.8 Å². The summed E-state index contributed by atoms with van der Waals surface area (Å²) in [5, 5.41) is 4.59. The van der Waals surface area contributed by atoms with Crippen LogP contribution in [0, 0.1) is 6.92 Å². The van der Waals surface area contributed by atoms with E-state index in [-0.39, 0.29) is 0 Å². The van der Waals surface area contributed by atoms with E-state index in [0.29, 0.717) is 10.0 Å². The van der Waals surface area contributed by atoms with Gasteiger partial charge in [-0.25, -0.2) is 4.98 Å². The van der Waals surface area contributed by atoms with Crippen LogP contribution in [0.5, 0.6) is 0 Å². The van der Waals surface area contributed by atoms with Crippen LogP contribution in [-0.2, 0) is 0 Å². The molecular formula is C11H10ClN3S2. The molecule has 0 unspecified atom stereocenters. The van der Waals surface area contributed by atoms with Crippen molar-refractivity contribution in [1.29, 1.82) is 0 Å². The molecule has 0 amide bonds. The summed E-state index contributed by atoms with van der Waals surface area (Å²) >= 11 is 12.5. The highest BCUT2D eigenvalue weighted by molar-refractivity contribution is 7.80. The van der Waals surface area contributed by atoms with Gasteiger partial charge in [-0.05, 0) is 25.1 Å². The van der Waals surface area contributed by atoms with Gasteiger partial charge in [-0.3, -0.25) is 0 Å². The molecule has 17 heavy (non-hydrogen) atoms. The van der Waals surface area contributed by atoms with Crippen LogP contribution < -0.4 is 11.1 Å². The standard InChI is InChI=1S/C11H10ClN3S2/c1-6-5-14-11(17-6)15-9-4-7(12)2-3-8(9)10(13)16/h2-5H,1H3,(H2,13,16)(H,14,15). The number of thiocarbonyl (C=S) groups is 1. The van der Waals surface area contributed by atoms with Crippen LogP contribution in [-0.4, -0.2) is 9.97 Å². The summed E-state index contributed by atoms with van der Waals surface area (Å²) in [4.78, 5) is 5.68. The third-order valence-electron chi connectivity index (χ3n) is 2.11. The highest BCUT2D eigenvalue weighted by Gasteiger charge is 2.08. The molecule has 0 aliphatic rings. The Kier molecular flexibility index (Phi) is 3.61. The quantitative estimate of drug-likeness (QED) is 0.847. The Bertz CT molecular complexity index is 566. The highest BCUT2D eigenvalue weighted by Crippen LogP contribution is 2.27. The minimum Gasteiger partial charge on any atom is -0.389 e. The van der Waals surface area contributed by atoms with Crippen molar-refractivity contribution in [3.63, 3.8) is 0 Å². The van der Waals surface area contributed by atoms with E-state index in [4.69, 9.17) is 29.6 Å². The molecule has 1 aromatic carbocycles. The second-order valence-corrected chi connectivity index (χ2v) is 5.57. The number of thiazole rings is 1. The average molecular weight is 284 g/mol. The molecule has 0 atom stereocenters. The molecule has 0 saturated carbocycles. The smallest absolute Gasteiger partial charge is 0.187 e. The number of rotatable bonds is 3. The van der Waals surface area contributed by atoms with Crippen molar-refractivity contribution in [2.24, 2.45) is 5.73 Å². The van der Waals surface area contributed by atoms with Crippen LogP contribution >= 0.6 is 35.2 Å². The van der Waals surface area contributed by atoms with Crippen molar-refractivity contribution < 1.29 is 0 Å². The summed E-state index contributed by atoms with van der Waals surface area (Å²) in [6, 6.07) is 5.34. The lowest BCUT2D eigenvalue weighted by atomic mass is 10.2. The largest absolute Gasteiger partial charge is 0.389 e. The maximum Gasteiger partial charge on any atom is 0.187 e. The Morgan fingerprint density at radius 1 is 1.53 bits per heavy atom. The molecule has 88 valence electrons. The van der Waals surface area contributed by atoms with E-state index >= 15 is 0 Å². The van der Waals surface area contributed by atoms with E-state index in [1.165, 1.54) is 0 Å². The molecule has 0 saturated heterocycles. The van der Waals surface area contributed by atoms with E-state index in [1.54, 1.807) is 35.7 Å². The number of anilines is 2. The lowest BCUT2D eigenvalue weighted by Gasteiger charge is -2.09. The molecule has 2 rings (SSSR count). The van der Waals surface area contributed by atoms with Gasteiger partial charge in [-0.2, -0.15) is 0 Å². The summed E-state index contributed by atoms with van der Waals surface area (Å²) < 4.78 is 0. The Morgan fingerprint density at radius 2 is 2.29 bits per heavy atom. The van der Waals surface area contributed by atoms with Crippen LogP contribution in [0.1, 0.15) is 10.4 Å². The van der Waals surface area contributed by atoms with Crippen molar-refractivity contribution in [3.8, 4) is 0 Å². The molecule has 0 radical (unpaired) electrons. The fourth-order valence-corrected chi connectivity index (χ4v) is 2.39. The van der Waals surface area contributed by atoms with Gasteiger partial charge < -0.3 is 11.1 Å². The Labute approximate surface area is 114 Å². The van der Waals surface area contributed by atoms with E-state index in [1.807, 2.05) is 6.92 Å². The monoisotopic (exact) mass is 283 g/mol. The SMILES string of the molecule is Cc1cnc(Nc2cc(Cl)ccc2C(N)=S)s1. The van der Waals surface area contributed by atoms with Gasteiger partial charge in [0.2, 0.25) is 0 Å². The van der Waals surface area contributed by atoms with Gasteiger partial charge in [0, 0.05) is 21.7 Å². The molecule has 0 bridgehead atoms. The summed E-state index contributed by atoms with van der Waals surface area (Å²) in [6.45, 7) is 2.00. The minimum atomic E-state index is 0.331. The second kappa shape index (κ2) is 5.00. The van der Waals surface area contributed by atoms with Gasteiger partial charge in [0.25, 0.3) is 0 Å². The number of nitrogens with two attached hydrogens (primary N) is 1. The summed E-state index contributed by atoms with van der Waals surface area (Å²) in [5.41, 5.74) is 7.19. The Morgan fingerprint density at radius 3 is 2.88 bits per heavy atom. The minimum absolute atomic E-state index is 0.331. The molecule has 0 fully saturated rings. The number of nitrogens with one attached hydrogen (secondary N) is 1. The van der Waals surface area contributed by atoms with Gasteiger partial charge in [0.1, 0.15) is 4.99 Å². The summed E-state index contributed by atoms with van der Waals surface area (Å²) in [6.07, 6.45) is 1.80. The van der Waals surface area contributed by atoms with Crippen molar-refractivity contribution in [3.05, 3.63) is 39.9 Å². The zero-order valence-electron chi connectivity index (χ0n) is 9.03. The first kappa shape index (κ1) is 12.3. The molecule has 3 nitrogen and oxygen atoms in total. The first-order chi connectivity index (χ1) is 8.06. The number of hydrogen-bond acceptors (Lipinski definition) is 4. The third-order valence-corrected chi connectivity index (χ3v) is 3.39. The van der Waals surface area contributed by atoms with E-state index in [2.05, 4.69) is 10.3 Å². The van der Waals surface area contributed by atoms with Crippen molar-refractivity contribution in [2.45, 2.75) is 6.92 Å². The topological polar surface area (TPSA) is 50.9 Å². The van der Waals surface area contributed by atoms with Crippen LogP contribution in [0.25, 0.3) is 0 Å². The summed E-state index contributed by atoms with van der Waals surface area (Å²) in [7, 11) is 0. The van der Waals surface area contributed by atoms with Gasteiger partial charge in [-0.15, -0.1) is 11.3 Å². The molecule has 1 heterocycles. The second-order valence-electron chi connectivity index (χ2n) is 3.46. The van der Waals surface area contributed by atoms with Gasteiger partial charge in [0.15, 0.2) is 5.13 Å². The van der Waals surface area contributed by atoms with E-state index in [0.717, 1.165) is 21.3 Å². The van der Waals surface area contributed by atoms with E-state index < -0.39 is 0 Å².